The van der Waals surface area contributed by atoms with E-state index >= 15 is 0 Å². The number of hydrogen-bond donors (Lipinski definition) is 5. The van der Waals surface area contributed by atoms with Crippen molar-refractivity contribution < 1.29 is 58.5 Å². The van der Waals surface area contributed by atoms with Crippen LogP contribution in [-0.2, 0) is 44.7 Å². The molecule has 61 heavy (non-hydrogen) atoms. The Kier molecular flexibility index (Phi) is 17.8. The van der Waals surface area contributed by atoms with Crippen molar-refractivity contribution in [2.24, 2.45) is 34.7 Å². The second-order valence-electron chi connectivity index (χ2n) is 19.2. The Labute approximate surface area is 364 Å². The molecule has 15 heteroatoms. The van der Waals surface area contributed by atoms with E-state index in [1.54, 1.807) is 53.9 Å². The Bertz CT molecular complexity index is 1600. The van der Waals surface area contributed by atoms with E-state index in [4.69, 9.17) is 39.0 Å². The third kappa shape index (κ3) is 11.7. The van der Waals surface area contributed by atoms with E-state index in [9.17, 15) is 25.2 Å². The summed E-state index contributed by atoms with van der Waals surface area (Å²) in [6, 6.07) is 7.03. The second-order valence-corrected chi connectivity index (χ2v) is 19.2. The molecule has 4 rings (SSSR count). The van der Waals surface area contributed by atoms with E-state index < -0.39 is 95.6 Å². The van der Waals surface area contributed by atoms with Crippen molar-refractivity contribution >= 4 is 17.2 Å². The number of hydrogen-bond acceptors (Lipinski definition) is 15. The van der Waals surface area contributed by atoms with Gasteiger partial charge in [-0.3, -0.25) is 4.79 Å². The summed E-state index contributed by atoms with van der Waals surface area (Å²) in [6.45, 7) is 18.5. The van der Waals surface area contributed by atoms with Crippen molar-refractivity contribution in [3.8, 4) is 0 Å². The standard InChI is InChI=1S/C46H79N3O12/c1-15-32-21-35(50)27(4)39(60-36-23-44(8,55-13)41(53)30(7)59-36)29(6)42(61-43-38(51)34(49(11)12)19-26(3)58-43)45(9,56-14)22-25(2)37(28(5)40(52)46(32,10)54)48-57-24-31-17-16-18-33(47)20-31/h16-18,20,25-30,32,34,36,38-43,51-54H,15,19,21-24,47H2,1-14H3/b48-37+/t25-,26-,27+,28+,29+,30+,32+,34+,36+,38-,39-,40-,41+,42-,43+,44-,45-,46-/m1/s1. The van der Waals surface area contributed by atoms with E-state index in [1.807, 2.05) is 65.7 Å². The maximum Gasteiger partial charge on any atom is 0.185 e. The van der Waals surface area contributed by atoms with Gasteiger partial charge in [-0.2, -0.15) is 0 Å². The molecule has 18 atom stereocenters. The number of Topliss-reactive ketones (excluding diaryl/α,β-unsaturated/α-hetero) is 1. The van der Waals surface area contributed by atoms with Crippen molar-refractivity contribution in [3.63, 3.8) is 0 Å². The molecule has 1 aromatic carbocycles. The van der Waals surface area contributed by atoms with E-state index in [-0.39, 0.29) is 43.8 Å². The van der Waals surface area contributed by atoms with Crippen LogP contribution in [0.2, 0.25) is 0 Å². The minimum atomic E-state index is -1.72. The first-order valence-corrected chi connectivity index (χ1v) is 22.2. The smallest absolute Gasteiger partial charge is 0.185 e. The Balaban J connectivity index is 1.90. The van der Waals surface area contributed by atoms with Crippen LogP contribution in [0.3, 0.4) is 0 Å². The molecule has 3 aliphatic rings. The van der Waals surface area contributed by atoms with Gasteiger partial charge in [-0.15, -0.1) is 0 Å². The quantitative estimate of drug-likeness (QED) is 0.151. The highest BCUT2D eigenvalue weighted by Crippen LogP contribution is 2.43. The zero-order valence-corrected chi connectivity index (χ0v) is 39.2. The normalized spacial score (nSPS) is 44.2. The number of nitrogens with zero attached hydrogens (tertiary/aromatic N) is 2. The first kappa shape index (κ1) is 51.4. The molecule has 0 aromatic heterocycles. The molecular weight excluding hydrogens is 787 g/mol. The third-order valence-electron chi connectivity index (χ3n) is 14.3. The van der Waals surface area contributed by atoms with Gasteiger partial charge in [-0.05, 0) is 85.2 Å². The number of anilines is 1. The molecule has 3 fully saturated rings. The molecule has 2 heterocycles. The van der Waals surface area contributed by atoms with Gasteiger partial charge in [-0.25, -0.2) is 0 Å². The summed E-state index contributed by atoms with van der Waals surface area (Å²) in [5.74, 6) is -3.43. The Hall–Kier alpha value is -2.28. The van der Waals surface area contributed by atoms with Crippen LogP contribution < -0.4 is 5.73 Å². The molecule has 0 spiro atoms. The van der Waals surface area contributed by atoms with Crippen molar-refractivity contribution in [1.82, 2.24) is 4.90 Å². The molecular formula is C46H79N3O12. The fourth-order valence-electron chi connectivity index (χ4n) is 10.1. The molecule has 15 nitrogen and oxygen atoms in total. The number of carbonyl (C=O) groups is 1. The molecule has 2 saturated heterocycles. The van der Waals surface area contributed by atoms with Gasteiger partial charge in [0.25, 0.3) is 0 Å². The number of methoxy groups -OCH3 is 2. The number of nitrogen functional groups attached to an aromatic ring is 1. The fourth-order valence-corrected chi connectivity index (χ4v) is 10.1. The summed E-state index contributed by atoms with van der Waals surface area (Å²) < 4.78 is 38.9. The summed E-state index contributed by atoms with van der Waals surface area (Å²) >= 11 is 0. The Morgan fingerprint density at radius 2 is 1.57 bits per heavy atom. The van der Waals surface area contributed by atoms with E-state index in [0.29, 0.717) is 24.2 Å². The van der Waals surface area contributed by atoms with Crippen molar-refractivity contribution in [2.75, 3.05) is 34.0 Å². The third-order valence-corrected chi connectivity index (χ3v) is 14.3. The molecule has 0 amide bonds. The molecule has 350 valence electrons. The van der Waals surface area contributed by atoms with Gasteiger partial charge >= 0.3 is 0 Å². The SMILES string of the molecule is CC[C@H]1CC(=O)[C@H](C)[C@@H](O[C@H]2C[C@@](C)(OC)[C@@H](O)[C@H](C)O2)[C@H](C)[C@@H](O[C@@H]2O[C@H](C)C[C@H](N(C)C)[C@H]2O)[C@](C)(OC)C[C@@H](C)/C(=N\OCc2cccc(N)c2)[C@H](C)[C@@H](O)[C@]1(C)O. The summed E-state index contributed by atoms with van der Waals surface area (Å²) in [4.78, 5) is 22.7. The Morgan fingerprint density at radius 3 is 2.16 bits per heavy atom. The van der Waals surface area contributed by atoms with Gasteiger partial charge in [0.1, 0.15) is 24.6 Å². The average molecular weight is 866 g/mol. The number of likely N-dealkylation sites (N-methyl/N-ethyl adjacent to an activating group) is 1. The van der Waals surface area contributed by atoms with Crippen LogP contribution in [0.1, 0.15) is 107 Å². The molecule has 1 saturated carbocycles. The summed E-state index contributed by atoms with van der Waals surface area (Å²) in [5, 5.41) is 51.9. The number of oxime groups is 1. The predicted molar refractivity (Wildman–Crippen MR) is 232 cm³/mol. The number of ether oxygens (including phenoxy) is 6. The highest BCUT2D eigenvalue weighted by Gasteiger charge is 2.53. The van der Waals surface area contributed by atoms with Crippen molar-refractivity contribution in [2.45, 2.75) is 186 Å². The lowest BCUT2D eigenvalue weighted by Crippen LogP contribution is -2.61. The number of aliphatic hydroxyl groups is 4. The zero-order valence-electron chi connectivity index (χ0n) is 39.2. The Morgan fingerprint density at radius 1 is 0.918 bits per heavy atom. The molecule has 6 N–H and O–H groups in total. The number of benzene rings is 1. The molecule has 0 bridgehead atoms. The average Bonchev–Trinajstić information content (AvgIpc) is 3.20. The zero-order chi connectivity index (χ0) is 45.8. The second kappa shape index (κ2) is 21.1. The van der Waals surface area contributed by atoms with Gasteiger partial charge in [0.15, 0.2) is 12.6 Å². The number of nitrogens with two attached hydrogens (primary N) is 1. The number of aliphatic hydroxyl groups excluding tert-OH is 3. The molecule has 0 unspecified atom stereocenters. The summed E-state index contributed by atoms with van der Waals surface area (Å²) in [5.41, 5.74) is 4.00. The van der Waals surface area contributed by atoms with Crippen LogP contribution in [-0.4, -0.2) is 143 Å². The van der Waals surface area contributed by atoms with Gasteiger partial charge in [0, 0.05) is 62.5 Å². The lowest BCUT2D eigenvalue weighted by atomic mass is 9.69. The number of ketones is 1. The largest absolute Gasteiger partial charge is 0.399 e. The highest BCUT2D eigenvalue weighted by atomic mass is 16.7. The minimum Gasteiger partial charge on any atom is -0.399 e. The summed E-state index contributed by atoms with van der Waals surface area (Å²) in [6.07, 6.45) is -6.63. The van der Waals surface area contributed by atoms with Crippen LogP contribution in [0.5, 0.6) is 0 Å². The van der Waals surface area contributed by atoms with Crippen molar-refractivity contribution in [1.29, 1.82) is 0 Å². The monoisotopic (exact) mass is 866 g/mol. The minimum absolute atomic E-state index is 0.0645. The topological polar surface area (TPSA) is 204 Å². The molecule has 1 aliphatic carbocycles. The van der Waals surface area contributed by atoms with Crippen LogP contribution >= 0.6 is 0 Å². The van der Waals surface area contributed by atoms with E-state index in [2.05, 4.69) is 5.16 Å². The van der Waals surface area contributed by atoms with Gasteiger partial charge < -0.3 is 64.3 Å². The van der Waals surface area contributed by atoms with Crippen molar-refractivity contribution in [3.05, 3.63) is 29.8 Å². The highest BCUT2D eigenvalue weighted by molar-refractivity contribution is 5.89. The first-order valence-electron chi connectivity index (χ1n) is 22.2. The predicted octanol–water partition coefficient (Wildman–Crippen LogP) is 4.69. The fraction of sp³-hybridized carbons (Fsp3) is 0.826. The van der Waals surface area contributed by atoms with Crippen LogP contribution in [0.15, 0.2) is 29.4 Å². The molecule has 0 radical (unpaired) electrons. The van der Waals surface area contributed by atoms with Gasteiger partial charge in [0.2, 0.25) is 0 Å². The lowest BCUT2D eigenvalue weighted by Gasteiger charge is -2.50. The maximum absolute atomic E-state index is 14.7. The lowest BCUT2D eigenvalue weighted by molar-refractivity contribution is -0.318. The van der Waals surface area contributed by atoms with Crippen LogP contribution in [0.25, 0.3) is 0 Å². The van der Waals surface area contributed by atoms with Crippen LogP contribution in [0.4, 0.5) is 5.69 Å². The van der Waals surface area contributed by atoms with Gasteiger partial charge in [0.05, 0.1) is 53.0 Å². The number of rotatable bonds is 11. The molecule has 1 aromatic rings. The molecule has 2 aliphatic heterocycles. The number of carbonyl (C=O) groups excluding carboxylic acids is 1. The van der Waals surface area contributed by atoms with Gasteiger partial charge in [-0.1, -0.05) is 58.3 Å². The maximum atomic E-state index is 14.7. The van der Waals surface area contributed by atoms with Crippen LogP contribution in [0, 0.1) is 29.6 Å². The van der Waals surface area contributed by atoms with E-state index in [1.165, 1.54) is 7.11 Å². The summed E-state index contributed by atoms with van der Waals surface area (Å²) in [7, 11) is 6.94. The van der Waals surface area contributed by atoms with E-state index in [0.717, 1.165) is 5.56 Å². The first-order chi connectivity index (χ1) is 28.4.